The summed E-state index contributed by atoms with van der Waals surface area (Å²) in [5.41, 5.74) is 5.64. The molecule has 1 unspecified atom stereocenters. The molecule has 3 aromatic rings. The summed E-state index contributed by atoms with van der Waals surface area (Å²) in [6.45, 7) is 5.40. The molecule has 0 aliphatic heterocycles. The Morgan fingerprint density at radius 2 is 2.00 bits per heavy atom. The van der Waals surface area contributed by atoms with E-state index in [4.69, 9.17) is 31.3 Å². The number of imidazole rings is 1. The smallest absolute Gasteiger partial charge is 0.342 e. The van der Waals surface area contributed by atoms with Crippen LogP contribution in [0.5, 0.6) is 5.75 Å². The van der Waals surface area contributed by atoms with Crippen LogP contribution in [0.25, 0.3) is 11.2 Å². The summed E-state index contributed by atoms with van der Waals surface area (Å²) in [5, 5.41) is 3.39. The maximum atomic E-state index is 14.0. The molecule has 11 nitrogen and oxygen atoms in total. The van der Waals surface area contributed by atoms with Crippen LogP contribution in [-0.4, -0.2) is 49.6 Å². The number of carbonyl (C=O) groups excluding carboxylic acids is 1. The molecular weight excluding hydrogens is 507 g/mol. The van der Waals surface area contributed by atoms with Crippen LogP contribution in [0.15, 0.2) is 36.9 Å². The van der Waals surface area contributed by atoms with Gasteiger partial charge in [-0.25, -0.2) is 20.0 Å². The van der Waals surface area contributed by atoms with Crippen LogP contribution >= 0.6 is 19.1 Å². The predicted molar refractivity (Wildman–Crippen MR) is 136 cm³/mol. The predicted octanol–water partition coefficient (Wildman–Crippen LogP) is 4.16. The number of esters is 1. The van der Waals surface area contributed by atoms with Crippen LogP contribution in [-0.2, 0) is 25.4 Å². The van der Waals surface area contributed by atoms with Gasteiger partial charge in [0.2, 0.25) is 0 Å². The molecule has 1 aromatic carbocycles. The van der Waals surface area contributed by atoms with Gasteiger partial charge in [-0.3, -0.25) is 9.36 Å². The van der Waals surface area contributed by atoms with Crippen molar-refractivity contribution in [3.8, 4) is 5.75 Å². The van der Waals surface area contributed by atoms with Crippen molar-refractivity contribution in [1.82, 2.24) is 24.6 Å². The SMILES string of the molecule is C[C@H](Cn1cnc2c(N)ncnc21)OCP(=O)(NC(C)(C)C(=O)OC1CCC1)Oc1ccc(Cl)cc1. The lowest BCUT2D eigenvalue weighted by atomic mass is 9.96. The van der Waals surface area contributed by atoms with Crippen molar-refractivity contribution in [3.05, 3.63) is 41.9 Å². The van der Waals surface area contributed by atoms with E-state index in [-0.39, 0.29) is 18.3 Å². The van der Waals surface area contributed by atoms with E-state index in [1.807, 2.05) is 6.92 Å². The van der Waals surface area contributed by atoms with Crippen LogP contribution in [0.1, 0.15) is 40.0 Å². The molecule has 0 saturated heterocycles. The van der Waals surface area contributed by atoms with Gasteiger partial charge in [-0.1, -0.05) is 11.6 Å². The van der Waals surface area contributed by atoms with E-state index in [0.717, 1.165) is 19.3 Å². The lowest BCUT2D eigenvalue weighted by molar-refractivity contribution is -0.159. The summed E-state index contributed by atoms with van der Waals surface area (Å²) in [7, 11) is -3.75. The molecule has 1 fully saturated rings. The second kappa shape index (κ2) is 10.7. The number of nitrogen functional groups attached to an aromatic ring is 1. The summed E-state index contributed by atoms with van der Waals surface area (Å²) in [6.07, 6.45) is 4.84. The first-order valence-corrected chi connectivity index (χ1v) is 13.8. The Kier molecular flexibility index (Phi) is 7.85. The zero-order valence-electron chi connectivity index (χ0n) is 20.4. The number of hydrogen-bond acceptors (Lipinski definition) is 9. The Labute approximate surface area is 214 Å². The molecule has 1 saturated carbocycles. The molecule has 2 heterocycles. The van der Waals surface area contributed by atoms with Crippen LogP contribution in [0.3, 0.4) is 0 Å². The Hall–Kier alpha value is -2.72. The lowest BCUT2D eigenvalue weighted by Gasteiger charge is -2.33. The number of ether oxygens (including phenoxy) is 2. The number of halogens is 1. The molecule has 0 bridgehead atoms. The molecule has 36 heavy (non-hydrogen) atoms. The minimum Gasteiger partial charge on any atom is -0.461 e. The normalized spacial score (nSPS) is 16.8. The third-order valence-corrected chi connectivity index (χ3v) is 7.91. The van der Waals surface area contributed by atoms with Gasteiger partial charge in [0.15, 0.2) is 11.5 Å². The topological polar surface area (TPSA) is 143 Å². The molecular formula is C23H30ClN6O5P. The van der Waals surface area contributed by atoms with Crippen molar-refractivity contribution in [1.29, 1.82) is 0 Å². The summed E-state index contributed by atoms with van der Waals surface area (Å²) < 4.78 is 33.1. The van der Waals surface area contributed by atoms with Crippen molar-refractivity contribution >= 4 is 42.1 Å². The molecule has 0 radical (unpaired) electrons. The second-order valence-electron chi connectivity index (χ2n) is 9.35. The van der Waals surface area contributed by atoms with E-state index < -0.39 is 25.1 Å². The number of nitrogens with one attached hydrogen (secondary N) is 1. The average Bonchev–Trinajstić information content (AvgIpc) is 3.20. The minimum absolute atomic E-state index is 0.103. The van der Waals surface area contributed by atoms with Crippen LogP contribution in [0, 0.1) is 0 Å². The zero-order valence-corrected chi connectivity index (χ0v) is 22.0. The number of benzene rings is 1. The summed E-state index contributed by atoms with van der Waals surface area (Å²) in [5.74, 6) is 0.109. The third-order valence-electron chi connectivity index (χ3n) is 5.76. The molecule has 0 amide bonds. The molecule has 3 N–H and O–H groups in total. The fourth-order valence-electron chi connectivity index (χ4n) is 3.59. The molecule has 2 aromatic heterocycles. The maximum Gasteiger partial charge on any atom is 0.342 e. The summed E-state index contributed by atoms with van der Waals surface area (Å²) in [6, 6.07) is 6.44. The van der Waals surface area contributed by atoms with Crippen molar-refractivity contribution in [2.45, 2.75) is 64.3 Å². The van der Waals surface area contributed by atoms with E-state index in [9.17, 15) is 9.36 Å². The standard InChI is InChI=1S/C23H30ClN6O5P/c1-15(11-30-13-28-19-20(25)26-12-27-21(19)30)33-14-36(32,35-18-9-7-16(24)8-10-18)29-23(2,3)22(31)34-17-5-4-6-17/h7-10,12-13,15,17H,4-6,11,14H2,1-3H3,(H,29,32)(H2,25,26,27)/t15-,36?/m1/s1. The average molecular weight is 537 g/mol. The summed E-state index contributed by atoms with van der Waals surface area (Å²) in [4.78, 5) is 25.2. The number of aromatic nitrogens is 4. The highest BCUT2D eigenvalue weighted by Gasteiger charge is 2.41. The Bertz CT molecular complexity index is 1260. The first-order chi connectivity index (χ1) is 17.0. The Balaban J connectivity index is 1.47. The summed E-state index contributed by atoms with van der Waals surface area (Å²) >= 11 is 5.97. The number of hydrogen-bond donors (Lipinski definition) is 2. The van der Waals surface area contributed by atoms with Gasteiger partial charge in [0.1, 0.15) is 35.6 Å². The highest BCUT2D eigenvalue weighted by atomic mass is 35.5. The van der Waals surface area contributed by atoms with Gasteiger partial charge in [0.05, 0.1) is 19.0 Å². The zero-order chi connectivity index (χ0) is 25.9. The Morgan fingerprint density at radius 3 is 2.67 bits per heavy atom. The monoisotopic (exact) mass is 536 g/mol. The van der Waals surface area contributed by atoms with Gasteiger partial charge in [-0.05, 0) is 64.3 Å². The van der Waals surface area contributed by atoms with Gasteiger partial charge in [-0.15, -0.1) is 0 Å². The third kappa shape index (κ3) is 6.34. The second-order valence-corrected chi connectivity index (χ2v) is 11.8. The quantitative estimate of drug-likeness (QED) is 0.271. The highest BCUT2D eigenvalue weighted by molar-refractivity contribution is 7.57. The number of rotatable bonds is 11. The first kappa shape index (κ1) is 26.3. The van der Waals surface area contributed by atoms with Gasteiger partial charge in [-0.2, -0.15) is 0 Å². The fourth-order valence-corrected chi connectivity index (χ4v) is 5.74. The molecule has 1 aliphatic rings. The number of nitrogens with zero attached hydrogens (tertiary/aromatic N) is 4. The van der Waals surface area contributed by atoms with Crippen LogP contribution in [0.2, 0.25) is 5.02 Å². The molecule has 0 spiro atoms. The highest BCUT2D eigenvalue weighted by Crippen LogP contribution is 2.46. The van der Waals surface area contributed by atoms with E-state index in [1.165, 1.54) is 6.33 Å². The molecule has 1 aliphatic carbocycles. The lowest BCUT2D eigenvalue weighted by Crippen LogP contribution is -2.49. The number of fused-ring (bicyclic) bond motifs is 1. The van der Waals surface area contributed by atoms with Crippen molar-refractivity contribution in [2.24, 2.45) is 0 Å². The Morgan fingerprint density at radius 1 is 1.28 bits per heavy atom. The molecule has 13 heteroatoms. The molecule has 194 valence electrons. The fraction of sp³-hybridized carbons (Fsp3) is 0.478. The van der Waals surface area contributed by atoms with E-state index in [0.29, 0.717) is 28.5 Å². The van der Waals surface area contributed by atoms with Gasteiger partial charge < -0.3 is 24.3 Å². The maximum absolute atomic E-state index is 14.0. The van der Waals surface area contributed by atoms with E-state index in [2.05, 4.69) is 20.0 Å². The number of nitrogens with two attached hydrogens (primary N) is 1. The number of anilines is 1. The van der Waals surface area contributed by atoms with Crippen molar-refractivity contribution in [2.75, 3.05) is 12.1 Å². The van der Waals surface area contributed by atoms with Gasteiger partial charge in [0, 0.05) is 5.02 Å². The van der Waals surface area contributed by atoms with Crippen molar-refractivity contribution in [3.63, 3.8) is 0 Å². The van der Waals surface area contributed by atoms with Crippen LogP contribution in [0.4, 0.5) is 5.82 Å². The minimum atomic E-state index is -3.75. The van der Waals surface area contributed by atoms with Crippen LogP contribution < -0.4 is 15.3 Å². The van der Waals surface area contributed by atoms with Gasteiger partial charge >= 0.3 is 13.5 Å². The van der Waals surface area contributed by atoms with E-state index >= 15 is 0 Å². The number of carbonyl (C=O) groups is 1. The molecule has 2 atom stereocenters. The van der Waals surface area contributed by atoms with E-state index in [1.54, 1.807) is 49.0 Å². The van der Waals surface area contributed by atoms with Crippen molar-refractivity contribution < 1.29 is 23.4 Å². The first-order valence-electron chi connectivity index (χ1n) is 11.6. The largest absolute Gasteiger partial charge is 0.461 e. The van der Waals surface area contributed by atoms with Gasteiger partial charge in [0.25, 0.3) is 0 Å². The molecule has 4 rings (SSSR count).